The summed E-state index contributed by atoms with van der Waals surface area (Å²) in [6.07, 6.45) is 2.57. The van der Waals surface area contributed by atoms with Crippen molar-refractivity contribution in [2.75, 3.05) is 0 Å². The van der Waals surface area contributed by atoms with Crippen LogP contribution in [0, 0.1) is 0 Å². The first kappa shape index (κ1) is 19.2. The van der Waals surface area contributed by atoms with E-state index in [1.807, 2.05) is 62.4 Å². The van der Waals surface area contributed by atoms with Crippen molar-refractivity contribution in [2.45, 2.75) is 26.5 Å². The van der Waals surface area contributed by atoms with Gasteiger partial charge in [0.1, 0.15) is 11.3 Å². The number of pyridine rings is 1. The maximum atomic E-state index is 11.8. The van der Waals surface area contributed by atoms with Crippen LogP contribution >= 0.6 is 0 Å². The molecular weight excluding hydrogens is 358 g/mol. The molecule has 6 nitrogen and oxygen atoms in total. The zero-order chi connectivity index (χ0) is 20.3. The number of aromatic hydroxyl groups is 1. The molecule has 1 heterocycles. The van der Waals surface area contributed by atoms with E-state index < -0.39 is 22.7 Å². The first-order valence-electron chi connectivity index (χ1n) is 8.86. The molecule has 0 saturated heterocycles. The Hall–Kier alpha value is -3.54. The summed E-state index contributed by atoms with van der Waals surface area (Å²) < 4.78 is 7.17. The smallest absolute Gasteiger partial charge is 0.341 e. The van der Waals surface area contributed by atoms with Gasteiger partial charge in [-0.1, -0.05) is 36.4 Å². The van der Waals surface area contributed by atoms with Gasteiger partial charge in [0.2, 0.25) is 5.43 Å². The molecule has 0 aliphatic carbocycles. The number of rotatable bonds is 6. The maximum absolute atomic E-state index is 11.8. The Morgan fingerprint density at radius 2 is 1.75 bits per heavy atom. The summed E-state index contributed by atoms with van der Waals surface area (Å²) in [5.74, 6) is -1.18. The van der Waals surface area contributed by atoms with Gasteiger partial charge in [-0.2, -0.15) is 0 Å². The molecule has 0 spiro atoms. The minimum Gasteiger partial charge on any atom is -0.503 e. The number of nitrogens with zero attached hydrogens (tertiary/aromatic N) is 1. The summed E-state index contributed by atoms with van der Waals surface area (Å²) in [6, 6.07) is 15.4. The zero-order valence-electron chi connectivity index (χ0n) is 15.6. The van der Waals surface area contributed by atoms with Crippen LogP contribution in [0.2, 0.25) is 0 Å². The normalized spacial score (nSPS) is 10.8. The molecule has 3 rings (SSSR count). The van der Waals surface area contributed by atoms with Crippen LogP contribution in [-0.2, 0) is 6.54 Å². The molecule has 3 aromatic rings. The summed E-state index contributed by atoms with van der Waals surface area (Å²) in [6.45, 7) is 4.23. The van der Waals surface area contributed by atoms with E-state index in [4.69, 9.17) is 9.84 Å². The first-order chi connectivity index (χ1) is 13.3. The number of benzene rings is 2. The Bertz CT molecular complexity index is 1050. The van der Waals surface area contributed by atoms with Crippen molar-refractivity contribution in [1.29, 1.82) is 0 Å². The summed E-state index contributed by atoms with van der Waals surface area (Å²) in [4.78, 5) is 23.0. The molecule has 1 aromatic heterocycles. The fraction of sp³-hybridized carbons (Fsp3) is 0.182. The molecule has 0 radical (unpaired) electrons. The minimum atomic E-state index is -1.37. The third-order valence-electron chi connectivity index (χ3n) is 4.20. The fourth-order valence-electron chi connectivity index (χ4n) is 2.98. The molecule has 0 amide bonds. The number of aromatic carboxylic acids is 1. The largest absolute Gasteiger partial charge is 0.503 e. The van der Waals surface area contributed by atoms with Crippen molar-refractivity contribution in [3.05, 3.63) is 82.3 Å². The van der Waals surface area contributed by atoms with Crippen molar-refractivity contribution in [3.63, 3.8) is 0 Å². The van der Waals surface area contributed by atoms with Gasteiger partial charge in [0.15, 0.2) is 5.75 Å². The number of hydrogen-bond donors (Lipinski definition) is 2. The van der Waals surface area contributed by atoms with E-state index in [1.54, 1.807) is 0 Å². The second kappa shape index (κ2) is 8.00. The highest BCUT2D eigenvalue weighted by Crippen LogP contribution is 2.27. The second-order valence-electron chi connectivity index (χ2n) is 6.71. The molecule has 0 aliphatic heterocycles. The fourth-order valence-corrected chi connectivity index (χ4v) is 2.98. The van der Waals surface area contributed by atoms with E-state index in [-0.39, 0.29) is 6.10 Å². The van der Waals surface area contributed by atoms with Crippen LogP contribution in [0.15, 0.2) is 65.7 Å². The summed E-state index contributed by atoms with van der Waals surface area (Å²) in [7, 11) is 0. The molecule has 2 N–H and O–H groups in total. The van der Waals surface area contributed by atoms with E-state index in [1.165, 1.54) is 17.0 Å². The molecular formula is C22H21NO5. The Labute approximate surface area is 162 Å². The number of carbonyl (C=O) groups is 1. The molecule has 0 saturated carbocycles. The average Bonchev–Trinajstić information content (AvgIpc) is 2.65. The average molecular weight is 379 g/mol. The van der Waals surface area contributed by atoms with E-state index in [2.05, 4.69) is 0 Å². The van der Waals surface area contributed by atoms with Crippen molar-refractivity contribution in [2.24, 2.45) is 0 Å². The summed E-state index contributed by atoms with van der Waals surface area (Å²) >= 11 is 0. The molecule has 6 heteroatoms. The van der Waals surface area contributed by atoms with Gasteiger partial charge in [0.25, 0.3) is 0 Å². The lowest BCUT2D eigenvalue weighted by atomic mass is 9.99. The molecule has 0 bridgehead atoms. The molecule has 0 fully saturated rings. The number of carboxylic acids is 1. The van der Waals surface area contributed by atoms with Crippen molar-refractivity contribution in [3.8, 4) is 22.6 Å². The summed E-state index contributed by atoms with van der Waals surface area (Å²) in [5, 5.41) is 19.0. The molecule has 28 heavy (non-hydrogen) atoms. The van der Waals surface area contributed by atoms with Crippen molar-refractivity contribution < 1.29 is 19.7 Å². The Morgan fingerprint density at radius 3 is 2.39 bits per heavy atom. The highest BCUT2D eigenvalue weighted by Gasteiger charge is 2.14. The quantitative estimate of drug-likeness (QED) is 0.681. The third kappa shape index (κ3) is 4.23. The second-order valence-corrected chi connectivity index (χ2v) is 6.71. The predicted molar refractivity (Wildman–Crippen MR) is 106 cm³/mol. The van der Waals surface area contributed by atoms with E-state index >= 15 is 0 Å². The topological polar surface area (TPSA) is 88.8 Å². The van der Waals surface area contributed by atoms with Crippen LogP contribution in [0.3, 0.4) is 0 Å². The van der Waals surface area contributed by atoms with Gasteiger partial charge in [-0.25, -0.2) is 4.79 Å². The van der Waals surface area contributed by atoms with Gasteiger partial charge in [-0.15, -0.1) is 0 Å². The maximum Gasteiger partial charge on any atom is 0.341 e. The van der Waals surface area contributed by atoms with Crippen molar-refractivity contribution >= 4 is 5.97 Å². The van der Waals surface area contributed by atoms with Gasteiger partial charge >= 0.3 is 5.97 Å². The lowest BCUT2D eigenvalue weighted by Crippen LogP contribution is -2.17. The molecule has 0 atom stereocenters. The minimum absolute atomic E-state index is 0.0923. The highest BCUT2D eigenvalue weighted by atomic mass is 16.5. The van der Waals surface area contributed by atoms with Crippen LogP contribution in [0.5, 0.6) is 11.5 Å². The standard InChI is InChI=1S/C22H21NO5/c1-14(2)28-17-9-7-15(8-10-17)18-6-4-3-5-16(18)11-23-12-19(22(26)27)21(25)20(24)13-23/h3-10,12-14,24H,11H2,1-2H3,(H,26,27). The van der Waals surface area contributed by atoms with Crippen LogP contribution in [-0.4, -0.2) is 26.9 Å². The predicted octanol–water partition coefficient (Wildman–Crippen LogP) is 3.75. The van der Waals surface area contributed by atoms with Crippen LogP contribution in [0.25, 0.3) is 11.1 Å². The zero-order valence-corrected chi connectivity index (χ0v) is 15.6. The lowest BCUT2D eigenvalue weighted by Gasteiger charge is -2.14. The monoisotopic (exact) mass is 379 g/mol. The van der Waals surface area contributed by atoms with E-state index in [0.29, 0.717) is 6.54 Å². The highest BCUT2D eigenvalue weighted by molar-refractivity contribution is 5.87. The van der Waals surface area contributed by atoms with Crippen LogP contribution in [0.4, 0.5) is 0 Å². The van der Waals surface area contributed by atoms with Crippen molar-refractivity contribution in [1.82, 2.24) is 4.57 Å². The summed E-state index contributed by atoms with van der Waals surface area (Å²) in [5.41, 5.74) is 1.51. The number of aromatic nitrogens is 1. The third-order valence-corrected chi connectivity index (χ3v) is 4.20. The van der Waals surface area contributed by atoms with Gasteiger partial charge < -0.3 is 19.5 Å². The first-order valence-corrected chi connectivity index (χ1v) is 8.86. The molecule has 144 valence electrons. The molecule has 0 aliphatic rings. The lowest BCUT2D eigenvalue weighted by molar-refractivity contribution is 0.0694. The Balaban J connectivity index is 1.95. The number of hydrogen-bond acceptors (Lipinski definition) is 4. The van der Waals surface area contributed by atoms with E-state index in [9.17, 15) is 14.7 Å². The Morgan fingerprint density at radius 1 is 1.07 bits per heavy atom. The molecule has 2 aromatic carbocycles. The van der Waals surface area contributed by atoms with E-state index in [0.717, 1.165) is 22.4 Å². The SMILES string of the molecule is CC(C)Oc1ccc(-c2ccccc2Cn2cc(O)c(=O)c(C(=O)O)c2)cc1. The number of carboxylic acid groups (broad SMARTS) is 1. The van der Waals surface area contributed by atoms with Crippen LogP contribution in [0.1, 0.15) is 29.8 Å². The molecule has 0 unspecified atom stereocenters. The van der Waals surface area contributed by atoms with Gasteiger partial charge in [0.05, 0.1) is 12.3 Å². The van der Waals surface area contributed by atoms with Crippen LogP contribution < -0.4 is 10.2 Å². The van der Waals surface area contributed by atoms with Gasteiger partial charge in [-0.05, 0) is 42.7 Å². The Kier molecular flexibility index (Phi) is 5.49. The van der Waals surface area contributed by atoms with Gasteiger partial charge in [-0.3, -0.25) is 4.79 Å². The number of ether oxygens (including phenoxy) is 1. The van der Waals surface area contributed by atoms with Gasteiger partial charge in [0, 0.05) is 12.7 Å².